The van der Waals surface area contributed by atoms with Crippen LogP contribution in [-0.4, -0.2) is 20.5 Å². The quantitative estimate of drug-likeness (QED) is 0.801. The van der Waals surface area contributed by atoms with Gasteiger partial charge in [0.05, 0.1) is 11.9 Å². The van der Waals surface area contributed by atoms with Gasteiger partial charge in [-0.15, -0.1) is 5.10 Å². The second-order valence-corrected chi connectivity index (χ2v) is 5.06. The number of hydrogen-bond acceptors (Lipinski definition) is 6. The van der Waals surface area contributed by atoms with Crippen LogP contribution in [0.1, 0.15) is 22.3 Å². The number of anilines is 1. The zero-order valence-electron chi connectivity index (χ0n) is 11.2. The lowest BCUT2D eigenvalue weighted by molar-refractivity contribution is 0.102. The Kier molecular flexibility index (Phi) is 3.74. The van der Waals surface area contributed by atoms with Gasteiger partial charge in [-0.1, -0.05) is 23.5 Å². The summed E-state index contributed by atoms with van der Waals surface area (Å²) >= 11 is 1.10. The summed E-state index contributed by atoms with van der Waals surface area (Å²) in [6.07, 6.45) is 3.68. The molecule has 0 spiro atoms. The monoisotopic (exact) mass is 300 g/mol. The van der Waals surface area contributed by atoms with E-state index in [1.165, 1.54) is 6.39 Å². The van der Waals surface area contributed by atoms with Gasteiger partial charge in [-0.05, 0) is 30.1 Å². The zero-order valence-corrected chi connectivity index (χ0v) is 12.1. The molecule has 106 valence electrons. The molecule has 1 aromatic carbocycles. The normalized spacial score (nSPS) is 10.5. The molecule has 0 unspecified atom stereocenters. The van der Waals surface area contributed by atoms with Crippen molar-refractivity contribution < 1.29 is 9.21 Å². The van der Waals surface area contributed by atoms with Crippen LogP contribution < -0.4 is 5.32 Å². The van der Waals surface area contributed by atoms with Crippen molar-refractivity contribution in [3.8, 4) is 11.3 Å². The molecule has 2 aromatic heterocycles. The molecular formula is C14H12N4O2S. The topological polar surface area (TPSA) is 80.9 Å². The smallest absolute Gasteiger partial charge is 0.269 e. The second kappa shape index (κ2) is 5.84. The molecule has 1 N–H and O–H groups in total. The maximum atomic E-state index is 12.2. The van der Waals surface area contributed by atoms with E-state index in [4.69, 9.17) is 4.42 Å². The number of carbonyl (C=O) groups is 1. The third-order valence-electron chi connectivity index (χ3n) is 2.93. The van der Waals surface area contributed by atoms with Gasteiger partial charge in [-0.2, -0.15) is 0 Å². The molecular weight excluding hydrogens is 288 g/mol. The summed E-state index contributed by atoms with van der Waals surface area (Å²) in [5, 5.41) is 6.79. The molecule has 0 aliphatic carbocycles. The van der Waals surface area contributed by atoms with Crippen LogP contribution in [0.4, 0.5) is 5.69 Å². The number of oxazole rings is 1. The van der Waals surface area contributed by atoms with Crippen LogP contribution in [0.25, 0.3) is 11.3 Å². The van der Waals surface area contributed by atoms with E-state index in [-0.39, 0.29) is 5.91 Å². The fourth-order valence-electron chi connectivity index (χ4n) is 1.91. The minimum Gasteiger partial charge on any atom is -0.444 e. The Labute approximate surface area is 125 Å². The Morgan fingerprint density at radius 1 is 1.43 bits per heavy atom. The van der Waals surface area contributed by atoms with Crippen molar-refractivity contribution in [3.05, 3.63) is 47.4 Å². The molecule has 3 rings (SSSR count). The van der Waals surface area contributed by atoms with Crippen LogP contribution in [0.5, 0.6) is 0 Å². The number of nitrogens with one attached hydrogen (secondary N) is 1. The molecule has 7 heteroatoms. The fraction of sp³-hybridized carbons (Fsp3) is 0.143. The molecule has 0 radical (unpaired) electrons. The Balaban J connectivity index is 1.82. The minimum atomic E-state index is -0.198. The lowest BCUT2D eigenvalue weighted by atomic mass is 10.1. The Bertz CT molecular complexity index is 752. The van der Waals surface area contributed by atoms with Crippen molar-refractivity contribution in [2.24, 2.45) is 0 Å². The molecule has 1 amide bonds. The third kappa shape index (κ3) is 2.82. The molecule has 0 saturated heterocycles. The fourth-order valence-corrected chi connectivity index (χ4v) is 2.55. The van der Waals surface area contributed by atoms with Crippen molar-refractivity contribution in [1.82, 2.24) is 14.6 Å². The molecule has 21 heavy (non-hydrogen) atoms. The number of benzene rings is 1. The summed E-state index contributed by atoms with van der Waals surface area (Å²) in [5.74, 6) is 0.455. The van der Waals surface area contributed by atoms with E-state index in [0.717, 1.165) is 17.1 Å². The second-order valence-electron chi connectivity index (χ2n) is 4.30. The van der Waals surface area contributed by atoms with E-state index in [1.807, 2.05) is 31.2 Å². The number of aromatic nitrogens is 3. The Morgan fingerprint density at radius 2 is 2.33 bits per heavy atom. The van der Waals surface area contributed by atoms with Crippen LogP contribution in [0.2, 0.25) is 0 Å². The largest absolute Gasteiger partial charge is 0.444 e. The first-order valence-electron chi connectivity index (χ1n) is 6.39. The first-order valence-corrected chi connectivity index (χ1v) is 7.16. The van der Waals surface area contributed by atoms with E-state index in [9.17, 15) is 4.79 Å². The van der Waals surface area contributed by atoms with Crippen molar-refractivity contribution in [2.75, 3.05) is 5.32 Å². The van der Waals surface area contributed by atoms with Gasteiger partial charge in [-0.25, -0.2) is 4.98 Å². The van der Waals surface area contributed by atoms with E-state index < -0.39 is 0 Å². The van der Waals surface area contributed by atoms with Crippen LogP contribution in [0, 0.1) is 0 Å². The summed E-state index contributed by atoms with van der Waals surface area (Å²) in [7, 11) is 0. The number of nitrogens with zero attached hydrogens (tertiary/aromatic N) is 3. The standard InChI is InChI=1S/C14H12N4O2S/c1-2-11-13(21-18-17-11)14(19)16-10-5-3-4-9(6-10)12-7-15-8-20-12/h3-8H,2H2,1H3,(H,16,19). The van der Waals surface area contributed by atoms with Crippen LogP contribution >= 0.6 is 11.5 Å². The van der Waals surface area contributed by atoms with Gasteiger partial charge in [-0.3, -0.25) is 4.79 Å². The maximum Gasteiger partial charge on any atom is 0.269 e. The molecule has 2 heterocycles. The average molecular weight is 300 g/mol. The predicted molar refractivity (Wildman–Crippen MR) is 79.2 cm³/mol. The van der Waals surface area contributed by atoms with Crippen molar-refractivity contribution in [2.45, 2.75) is 13.3 Å². The number of rotatable bonds is 4. The number of carbonyl (C=O) groups excluding carboxylic acids is 1. The van der Waals surface area contributed by atoms with E-state index >= 15 is 0 Å². The van der Waals surface area contributed by atoms with Gasteiger partial charge in [0.1, 0.15) is 4.88 Å². The van der Waals surface area contributed by atoms with Gasteiger partial charge in [0.2, 0.25) is 0 Å². The SMILES string of the molecule is CCc1nnsc1C(=O)Nc1cccc(-c2cnco2)c1. The summed E-state index contributed by atoms with van der Waals surface area (Å²) in [6.45, 7) is 1.94. The molecule has 0 aliphatic heterocycles. The van der Waals surface area contributed by atoms with Crippen LogP contribution in [0.15, 0.2) is 41.3 Å². The van der Waals surface area contributed by atoms with Gasteiger partial charge in [0.25, 0.3) is 5.91 Å². The molecule has 0 saturated carbocycles. The Hall–Kier alpha value is -2.54. The highest BCUT2D eigenvalue weighted by molar-refractivity contribution is 7.08. The first-order chi connectivity index (χ1) is 10.3. The Morgan fingerprint density at radius 3 is 3.10 bits per heavy atom. The van der Waals surface area contributed by atoms with E-state index in [1.54, 1.807) is 6.20 Å². The minimum absolute atomic E-state index is 0.198. The van der Waals surface area contributed by atoms with Crippen LogP contribution in [0.3, 0.4) is 0 Å². The number of amides is 1. The molecule has 0 fully saturated rings. The molecule has 0 aliphatic rings. The summed E-state index contributed by atoms with van der Waals surface area (Å²) in [6, 6.07) is 7.39. The van der Waals surface area contributed by atoms with Crippen molar-refractivity contribution in [3.63, 3.8) is 0 Å². The van der Waals surface area contributed by atoms with Gasteiger partial charge in [0.15, 0.2) is 12.2 Å². The lowest BCUT2D eigenvalue weighted by Gasteiger charge is -2.05. The van der Waals surface area contributed by atoms with E-state index in [0.29, 0.717) is 28.4 Å². The highest BCUT2D eigenvalue weighted by Gasteiger charge is 2.15. The summed E-state index contributed by atoms with van der Waals surface area (Å²) < 4.78 is 9.07. The highest BCUT2D eigenvalue weighted by atomic mass is 32.1. The summed E-state index contributed by atoms with van der Waals surface area (Å²) in [5.41, 5.74) is 2.25. The van der Waals surface area contributed by atoms with Gasteiger partial charge in [0, 0.05) is 11.3 Å². The molecule has 3 aromatic rings. The predicted octanol–water partition coefficient (Wildman–Crippen LogP) is 3.01. The third-order valence-corrected chi connectivity index (χ3v) is 3.70. The van der Waals surface area contributed by atoms with Gasteiger partial charge >= 0.3 is 0 Å². The first kappa shape index (κ1) is 13.4. The number of aryl methyl sites for hydroxylation is 1. The summed E-state index contributed by atoms with van der Waals surface area (Å²) in [4.78, 5) is 16.7. The molecule has 6 nitrogen and oxygen atoms in total. The van der Waals surface area contributed by atoms with Crippen molar-refractivity contribution >= 4 is 23.1 Å². The zero-order chi connectivity index (χ0) is 14.7. The van der Waals surface area contributed by atoms with E-state index in [2.05, 4.69) is 19.9 Å². The maximum absolute atomic E-state index is 12.2. The van der Waals surface area contributed by atoms with Crippen LogP contribution in [-0.2, 0) is 6.42 Å². The average Bonchev–Trinajstić information content (AvgIpc) is 3.18. The molecule has 0 bridgehead atoms. The number of hydrogen-bond donors (Lipinski definition) is 1. The van der Waals surface area contributed by atoms with Crippen molar-refractivity contribution in [1.29, 1.82) is 0 Å². The lowest BCUT2D eigenvalue weighted by Crippen LogP contribution is -2.12. The van der Waals surface area contributed by atoms with Gasteiger partial charge < -0.3 is 9.73 Å². The molecule has 0 atom stereocenters. The highest BCUT2D eigenvalue weighted by Crippen LogP contribution is 2.23.